The summed E-state index contributed by atoms with van der Waals surface area (Å²) >= 11 is 0. The molecule has 1 nitrogen and oxygen atoms in total. The van der Waals surface area contributed by atoms with Gasteiger partial charge in [-0.1, -0.05) is 62.4 Å². The second kappa shape index (κ2) is 12.7. The molecule has 1 unspecified atom stereocenters. The zero-order chi connectivity index (χ0) is 16.8. The maximum absolute atomic E-state index is 3.92. The van der Waals surface area contributed by atoms with Crippen LogP contribution in [0.2, 0.25) is 0 Å². The van der Waals surface area contributed by atoms with Crippen molar-refractivity contribution in [2.24, 2.45) is 5.92 Å². The minimum absolute atomic E-state index is 0.394. The Labute approximate surface area is 137 Å². The van der Waals surface area contributed by atoms with E-state index in [-0.39, 0.29) is 0 Å². The summed E-state index contributed by atoms with van der Waals surface area (Å²) in [5.74, 6) is 0.394. The van der Waals surface area contributed by atoms with Gasteiger partial charge in [0.05, 0.1) is 0 Å². The molecule has 0 spiro atoms. The summed E-state index contributed by atoms with van der Waals surface area (Å²) in [7, 11) is 2.16. The molecular formula is C21H31N. The molecule has 0 bridgehead atoms. The van der Waals surface area contributed by atoms with Crippen LogP contribution in [-0.2, 0) is 6.42 Å². The fourth-order valence-electron chi connectivity index (χ4n) is 2.34. The van der Waals surface area contributed by atoms with Crippen LogP contribution < -0.4 is 4.90 Å². The van der Waals surface area contributed by atoms with Crippen LogP contribution in [0.5, 0.6) is 0 Å². The van der Waals surface area contributed by atoms with Crippen molar-refractivity contribution in [1.29, 1.82) is 0 Å². The third-order valence-electron chi connectivity index (χ3n) is 3.38. The second-order valence-electron chi connectivity index (χ2n) is 4.76. The van der Waals surface area contributed by atoms with Crippen molar-refractivity contribution in [1.82, 2.24) is 0 Å². The predicted molar refractivity (Wildman–Crippen MR) is 103 cm³/mol. The molecule has 0 amide bonds. The average molecular weight is 297 g/mol. The van der Waals surface area contributed by atoms with E-state index in [1.807, 2.05) is 19.9 Å². The van der Waals surface area contributed by atoms with Gasteiger partial charge in [0.2, 0.25) is 0 Å². The smallest absolute Gasteiger partial charge is 0.0396 e. The lowest BCUT2D eigenvalue weighted by Gasteiger charge is -2.24. The lowest BCUT2D eigenvalue weighted by atomic mass is 10.1. The van der Waals surface area contributed by atoms with E-state index in [0.29, 0.717) is 5.92 Å². The number of benzene rings is 1. The Hall–Kier alpha value is -2.02. The van der Waals surface area contributed by atoms with Gasteiger partial charge in [0.15, 0.2) is 0 Å². The molecule has 120 valence electrons. The zero-order valence-electron chi connectivity index (χ0n) is 14.5. The van der Waals surface area contributed by atoms with Gasteiger partial charge in [0.1, 0.15) is 0 Å². The number of nitrogens with zero attached hydrogens (tertiary/aromatic N) is 1. The number of aryl methyl sites for hydroxylation is 1. The first kappa shape index (κ1) is 20.0. The van der Waals surface area contributed by atoms with Gasteiger partial charge in [0.25, 0.3) is 0 Å². The Morgan fingerprint density at radius 1 is 1.14 bits per heavy atom. The molecule has 0 fully saturated rings. The number of hydrogen-bond donors (Lipinski definition) is 0. The second-order valence-corrected chi connectivity index (χ2v) is 4.76. The topological polar surface area (TPSA) is 3.24 Å². The normalized spacial score (nSPS) is 19.8. The van der Waals surface area contributed by atoms with Crippen molar-refractivity contribution in [3.63, 3.8) is 0 Å². The lowest BCUT2D eigenvalue weighted by molar-refractivity contribution is 0.765. The van der Waals surface area contributed by atoms with E-state index in [9.17, 15) is 0 Å². The SMILES string of the molecule is C=C.C=CC1/C=C\C=C/CCc2ccccc2N(C)C1.CC. The van der Waals surface area contributed by atoms with Crippen molar-refractivity contribution in [2.45, 2.75) is 26.7 Å². The van der Waals surface area contributed by atoms with Crippen molar-refractivity contribution in [3.05, 3.63) is 79.9 Å². The van der Waals surface area contributed by atoms with E-state index in [1.165, 1.54) is 11.3 Å². The minimum atomic E-state index is 0.394. The molecule has 1 aromatic rings. The van der Waals surface area contributed by atoms with Crippen LogP contribution in [0, 0.1) is 5.92 Å². The van der Waals surface area contributed by atoms with Crippen LogP contribution >= 0.6 is 0 Å². The molecular weight excluding hydrogens is 266 g/mol. The van der Waals surface area contributed by atoms with Crippen molar-refractivity contribution < 1.29 is 0 Å². The van der Waals surface area contributed by atoms with Gasteiger partial charge in [-0.3, -0.25) is 0 Å². The molecule has 0 saturated carbocycles. The van der Waals surface area contributed by atoms with Crippen LogP contribution in [0.1, 0.15) is 25.8 Å². The molecule has 1 aliphatic heterocycles. The van der Waals surface area contributed by atoms with Gasteiger partial charge in [-0.05, 0) is 24.5 Å². The molecule has 1 aliphatic rings. The van der Waals surface area contributed by atoms with E-state index in [1.54, 1.807) is 0 Å². The Kier molecular flexibility index (Phi) is 11.5. The number of fused-ring (bicyclic) bond motifs is 1. The Bertz CT molecular complexity index is 471. The standard InChI is InChI=1S/C17H21N.C2H6.C2H4/c1-3-15-10-6-4-5-7-11-16-12-8-9-13-17(16)18(2)14-15;2*1-2/h3-6,8-10,12-13,15H,1,7,11,14H2,2H3;1-2H3;1-2H2/b5-4-,10-6-;;. The molecule has 0 aromatic heterocycles. The molecule has 22 heavy (non-hydrogen) atoms. The van der Waals surface area contributed by atoms with Gasteiger partial charge >= 0.3 is 0 Å². The monoisotopic (exact) mass is 297 g/mol. The van der Waals surface area contributed by atoms with E-state index in [2.05, 4.69) is 80.3 Å². The molecule has 1 aromatic carbocycles. The highest BCUT2D eigenvalue weighted by Gasteiger charge is 2.10. The molecule has 2 rings (SSSR count). The average Bonchev–Trinajstić information content (AvgIpc) is 2.63. The summed E-state index contributed by atoms with van der Waals surface area (Å²) < 4.78 is 0. The third kappa shape index (κ3) is 6.62. The summed E-state index contributed by atoms with van der Waals surface area (Å²) in [4.78, 5) is 2.33. The van der Waals surface area contributed by atoms with E-state index < -0.39 is 0 Å². The molecule has 0 aliphatic carbocycles. The van der Waals surface area contributed by atoms with E-state index in [4.69, 9.17) is 0 Å². The van der Waals surface area contributed by atoms with Gasteiger partial charge < -0.3 is 4.90 Å². The highest BCUT2D eigenvalue weighted by atomic mass is 15.1. The summed E-state index contributed by atoms with van der Waals surface area (Å²) in [6, 6.07) is 8.68. The summed E-state index contributed by atoms with van der Waals surface area (Å²) in [6.07, 6.45) is 12.9. The summed E-state index contributed by atoms with van der Waals surface area (Å²) in [6.45, 7) is 14.9. The molecule has 1 heteroatoms. The van der Waals surface area contributed by atoms with Crippen LogP contribution in [-0.4, -0.2) is 13.6 Å². The lowest BCUT2D eigenvalue weighted by Crippen LogP contribution is -2.24. The largest absolute Gasteiger partial charge is 0.373 e. The molecule has 0 saturated heterocycles. The predicted octanol–water partition coefficient (Wildman–Crippen LogP) is 5.81. The van der Waals surface area contributed by atoms with Crippen LogP contribution in [0.25, 0.3) is 0 Å². The van der Waals surface area contributed by atoms with Crippen LogP contribution in [0.15, 0.2) is 74.4 Å². The van der Waals surface area contributed by atoms with Crippen LogP contribution in [0.4, 0.5) is 5.69 Å². The first-order chi connectivity index (χ1) is 10.8. The van der Waals surface area contributed by atoms with Gasteiger partial charge in [-0.15, -0.1) is 19.7 Å². The quantitative estimate of drug-likeness (QED) is 0.591. The third-order valence-corrected chi connectivity index (χ3v) is 3.38. The Balaban J connectivity index is 0.00000102. The fourth-order valence-corrected chi connectivity index (χ4v) is 2.34. The van der Waals surface area contributed by atoms with Crippen molar-refractivity contribution >= 4 is 5.69 Å². The fraction of sp³-hybridized carbons (Fsp3) is 0.333. The number of hydrogen-bond acceptors (Lipinski definition) is 1. The number of anilines is 1. The van der Waals surface area contributed by atoms with Gasteiger partial charge in [-0.25, -0.2) is 0 Å². The first-order valence-electron chi connectivity index (χ1n) is 8.06. The Morgan fingerprint density at radius 2 is 1.82 bits per heavy atom. The Morgan fingerprint density at radius 3 is 2.50 bits per heavy atom. The number of allylic oxidation sites excluding steroid dienone is 3. The van der Waals surface area contributed by atoms with Crippen molar-refractivity contribution in [3.8, 4) is 0 Å². The minimum Gasteiger partial charge on any atom is -0.373 e. The number of para-hydroxylation sites is 1. The molecule has 0 radical (unpaired) electrons. The maximum atomic E-state index is 3.92. The van der Waals surface area contributed by atoms with E-state index >= 15 is 0 Å². The summed E-state index contributed by atoms with van der Waals surface area (Å²) in [5, 5.41) is 0. The first-order valence-corrected chi connectivity index (χ1v) is 8.06. The van der Waals surface area contributed by atoms with Gasteiger partial charge in [0, 0.05) is 25.2 Å². The van der Waals surface area contributed by atoms with Crippen molar-refractivity contribution in [2.75, 3.05) is 18.5 Å². The molecule has 1 heterocycles. The highest BCUT2D eigenvalue weighted by molar-refractivity contribution is 5.53. The number of rotatable bonds is 1. The maximum Gasteiger partial charge on any atom is 0.0396 e. The highest BCUT2D eigenvalue weighted by Crippen LogP contribution is 2.22. The van der Waals surface area contributed by atoms with Gasteiger partial charge in [-0.2, -0.15) is 0 Å². The summed E-state index contributed by atoms with van der Waals surface area (Å²) in [5.41, 5.74) is 2.77. The molecule has 0 N–H and O–H groups in total. The zero-order valence-corrected chi connectivity index (χ0v) is 14.5. The molecule has 1 atom stereocenters. The van der Waals surface area contributed by atoms with E-state index in [0.717, 1.165) is 19.4 Å². The van der Waals surface area contributed by atoms with Crippen LogP contribution in [0.3, 0.4) is 0 Å².